The van der Waals surface area contributed by atoms with Crippen molar-refractivity contribution >= 4 is 11.8 Å². The van der Waals surface area contributed by atoms with Crippen LogP contribution in [0.1, 0.15) is 23.4 Å². The van der Waals surface area contributed by atoms with E-state index < -0.39 is 0 Å². The van der Waals surface area contributed by atoms with Gasteiger partial charge in [0, 0.05) is 33.3 Å². The fraction of sp³-hybridized carbons (Fsp3) is 0.571. The number of methoxy groups -OCH3 is 1. The van der Waals surface area contributed by atoms with Crippen molar-refractivity contribution < 1.29 is 18.7 Å². The van der Waals surface area contributed by atoms with Crippen LogP contribution in [0.2, 0.25) is 0 Å². The molecule has 0 N–H and O–H groups in total. The minimum absolute atomic E-state index is 0.0825. The van der Waals surface area contributed by atoms with Crippen LogP contribution in [-0.2, 0) is 9.53 Å². The van der Waals surface area contributed by atoms with Crippen molar-refractivity contribution in [3.63, 3.8) is 0 Å². The summed E-state index contributed by atoms with van der Waals surface area (Å²) in [6.45, 7) is 2.87. The van der Waals surface area contributed by atoms with E-state index in [2.05, 4.69) is 0 Å². The van der Waals surface area contributed by atoms with E-state index in [1.165, 1.54) is 6.26 Å². The average Bonchev–Trinajstić information content (AvgIpc) is 2.88. The first-order valence-corrected chi connectivity index (χ1v) is 6.82. The summed E-state index contributed by atoms with van der Waals surface area (Å²) in [4.78, 5) is 27.6. The van der Waals surface area contributed by atoms with Crippen molar-refractivity contribution in [2.45, 2.75) is 12.8 Å². The number of hydrogen-bond acceptors (Lipinski definition) is 4. The number of hydrogen-bond donors (Lipinski definition) is 0. The summed E-state index contributed by atoms with van der Waals surface area (Å²) in [5.41, 5.74) is 0. The molecule has 1 aliphatic heterocycles. The van der Waals surface area contributed by atoms with Gasteiger partial charge in [0.1, 0.15) is 0 Å². The van der Waals surface area contributed by atoms with Gasteiger partial charge in [-0.3, -0.25) is 9.59 Å². The molecule has 6 heteroatoms. The molecule has 0 aromatic carbocycles. The van der Waals surface area contributed by atoms with Crippen LogP contribution in [0, 0.1) is 0 Å². The van der Waals surface area contributed by atoms with E-state index in [0.717, 1.165) is 6.42 Å². The molecule has 0 atom stereocenters. The first kappa shape index (κ1) is 14.6. The third-order valence-corrected chi connectivity index (χ3v) is 3.39. The Bertz CT molecular complexity index is 444. The quantitative estimate of drug-likeness (QED) is 0.825. The van der Waals surface area contributed by atoms with Gasteiger partial charge < -0.3 is 19.0 Å². The highest BCUT2D eigenvalue weighted by Crippen LogP contribution is 2.10. The predicted molar refractivity (Wildman–Crippen MR) is 72.3 cm³/mol. The van der Waals surface area contributed by atoms with Crippen LogP contribution in [0.3, 0.4) is 0 Å². The predicted octanol–water partition coefficient (Wildman–Crippen LogP) is 0.991. The fourth-order valence-electron chi connectivity index (χ4n) is 2.27. The van der Waals surface area contributed by atoms with Crippen molar-refractivity contribution in [3.05, 3.63) is 24.2 Å². The fourth-order valence-corrected chi connectivity index (χ4v) is 2.27. The molecule has 2 heterocycles. The average molecular weight is 280 g/mol. The molecule has 6 nitrogen and oxygen atoms in total. The van der Waals surface area contributed by atoms with Crippen LogP contribution in [0.5, 0.6) is 0 Å². The Morgan fingerprint density at radius 2 is 2.00 bits per heavy atom. The first-order chi connectivity index (χ1) is 9.72. The van der Waals surface area contributed by atoms with Crippen LogP contribution in [-0.4, -0.2) is 61.5 Å². The molecule has 110 valence electrons. The molecule has 20 heavy (non-hydrogen) atoms. The summed E-state index contributed by atoms with van der Waals surface area (Å²) in [6.07, 6.45) is 2.67. The summed E-state index contributed by atoms with van der Waals surface area (Å²) in [5, 5.41) is 0. The van der Waals surface area contributed by atoms with E-state index in [1.54, 1.807) is 29.0 Å². The lowest BCUT2D eigenvalue weighted by atomic mass is 10.3. The van der Waals surface area contributed by atoms with E-state index in [4.69, 9.17) is 9.15 Å². The largest absolute Gasteiger partial charge is 0.459 e. The molecule has 0 bridgehead atoms. The zero-order valence-electron chi connectivity index (χ0n) is 11.7. The molecule has 2 amide bonds. The SMILES string of the molecule is COCCC(=O)N1CCCN(C(=O)c2ccco2)CC1. The van der Waals surface area contributed by atoms with Crippen molar-refractivity contribution in [3.8, 4) is 0 Å². The van der Waals surface area contributed by atoms with Gasteiger partial charge >= 0.3 is 0 Å². The molecule has 0 spiro atoms. The van der Waals surface area contributed by atoms with Gasteiger partial charge in [0.05, 0.1) is 19.3 Å². The molecule has 0 radical (unpaired) electrons. The molecular formula is C14H20N2O4. The summed E-state index contributed by atoms with van der Waals surface area (Å²) in [7, 11) is 1.58. The van der Waals surface area contributed by atoms with Crippen molar-refractivity contribution in [1.29, 1.82) is 0 Å². The van der Waals surface area contributed by atoms with E-state index in [9.17, 15) is 9.59 Å². The van der Waals surface area contributed by atoms with Gasteiger partial charge in [0.2, 0.25) is 5.91 Å². The second kappa shape index (κ2) is 7.09. The number of rotatable bonds is 4. The molecule has 1 aromatic rings. The maximum Gasteiger partial charge on any atom is 0.289 e. The van der Waals surface area contributed by atoms with Gasteiger partial charge in [0.15, 0.2) is 5.76 Å². The van der Waals surface area contributed by atoms with Crippen molar-refractivity contribution in [1.82, 2.24) is 9.80 Å². The van der Waals surface area contributed by atoms with Gasteiger partial charge in [-0.05, 0) is 18.6 Å². The van der Waals surface area contributed by atoms with Crippen LogP contribution in [0.25, 0.3) is 0 Å². The number of nitrogens with zero attached hydrogens (tertiary/aromatic N) is 2. The highest BCUT2D eigenvalue weighted by atomic mass is 16.5. The summed E-state index contributed by atoms with van der Waals surface area (Å²) >= 11 is 0. The monoisotopic (exact) mass is 280 g/mol. The highest BCUT2D eigenvalue weighted by molar-refractivity contribution is 5.91. The number of furan rings is 1. The Morgan fingerprint density at radius 3 is 2.70 bits per heavy atom. The van der Waals surface area contributed by atoms with Crippen LogP contribution < -0.4 is 0 Å². The van der Waals surface area contributed by atoms with Gasteiger partial charge in [-0.15, -0.1) is 0 Å². The van der Waals surface area contributed by atoms with Crippen molar-refractivity contribution in [2.24, 2.45) is 0 Å². The number of amides is 2. The minimum Gasteiger partial charge on any atom is -0.459 e. The second-order valence-corrected chi connectivity index (χ2v) is 4.75. The zero-order valence-corrected chi connectivity index (χ0v) is 11.7. The Hall–Kier alpha value is -1.82. The molecule has 0 unspecified atom stereocenters. The summed E-state index contributed by atoms with van der Waals surface area (Å²) in [5.74, 6) is 0.324. The molecule has 0 saturated carbocycles. The lowest BCUT2D eigenvalue weighted by Gasteiger charge is -2.21. The molecule has 1 saturated heterocycles. The standard InChI is InChI=1S/C14H20N2O4/c1-19-11-5-13(17)15-6-3-7-16(9-8-15)14(18)12-4-2-10-20-12/h2,4,10H,3,5-9,11H2,1H3. The third kappa shape index (κ3) is 3.60. The summed E-state index contributed by atoms with van der Waals surface area (Å²) in [6, 6.07) is 3.36. The van der Waals surface area contributed by atoms with Crippen LogP contribution >= 0.6 is 0 Å². The van der Waals surface area contributed by atoms with Crippen LogP contribution in [0.4, 0.5) is 0 Å². The highest BCUT2D eigenvalue weighted by Gasteiger charge is 2.23. The zero-order chi connectivity index (χ0) is 14.4. The van der Waals surface area contributed by atoms with Crippen LogP contribution in [0.15, 0.2) is 22.8 Å². The number of carbonyl (C=O) groups excluding carboxylic acids is 2. The Morgan fingerprint density at radius 1 is 1.25 bits per heavy atom. The first-order valence-electron chi connectivity index (χ1n) is 6.82. The Kier molecular flexibility index (Phi) is 5.17. The van der Waals surface area contributed by atoms with E-state index in [0.29, 0.717) is 45.0 Å². The minimum atomic E-state index is -0.110. The smallest absolute Gasteiger partial charge is 0.289 e. The molecule has 1 aromatic heterocycles. The normalized spacial score (nSPS) is 16.1. The number of carbonyl (C=O) groups is 2. The molecule has 2 rings (SSSR count). The topological polar surface area (TPSA) is 63.0 Å². The van der Waals surface area contributed by atoms with Gasteiger partial charge in [-0.25, -0.2) is 0 Å². The van der Waals surface area contributed by atoms with E-state index in [1.807, 2.05) is 0 Å². The molecule has 1 fully saturated rings. The summed E-state index contributed by atoms with van der Waals surface area (Å²) < 4.78 is 10.0. The van der Waals surface area contributed by atoms with E-state index in [-0.39, 0.29) is 11.8 Å². The van der Waals surface area contributed by atoms with Crippen molar-refractivity contribution in [2.75, 3.05) is 39.9 Å². The lowest BCUT2D eigenvalue weighted by Crippen LogP contribution is -2.37. The van der Waals surface area contributed by atoms with Gasteiger partial charge in [-0.2, -0.15) is 0 Å². The Labute approximate surface area is 118 Å². The molecule has 1 aliphatic rings. The lowest BCUT2D eigenvalue weighted by molar-refractivity contribution is -0.132. The molecule has 0 aliphatic carbocycles. The Balaban J connectivity index is 1.89. The van der Waals surface area contributed by atoms with Gasteiger partial charge in [0.25, 0.3) is 5.91 Å². The maximum atomic E-state index is 12.2. The third-order valence-electron chi connectivity index (χ3n) is 3.39. The van der Waals surface area contributed by atoms with Gasteiger partial charge in [-0.1, -0.05) is 0 Å². The second-order valence-electron chi connectivity index (χ2n) is 4.75. The molecular weight excluding hydrogens is 260 g/mol. The van der Waals surface area contributed by atoms with E-state index >= 15 is 0 Å². The number of ether oxygens (including phenoxy) is 1. The maximum absolute atomic E-state index is 12.2.